The molecular formula is C12H16N2O2. The van der Waals surface area contributed by atoms with Gasteiger partial charge in [0.25, 0.3) is 0 Å². The Morgan fingerprint density at radius 3 is 2.88 bits per heavy atom. The van der Waals surface area contributed by atoms with E-state index in [4.69, 9.17) is 4.74 Å². The zero-order valence-electron chi connectivity index (χ0n) is 9.56. The van der Waals surface area contributed by atoms with E-state index in [1.54, 1.807) is 12.4 Å². The highest BCUT2D eigenvalue weighted by molar-refractivity contribution is 5.82. The van der Waals surface area contributed by atoms with Gasteiger partial charge in [-0.15, -0.1) is 0 Å². The molecule has 1 aliphatic carbocycles. The lowest BCUT2D eigenvalue weighted by Gasteiger charge is -2.28. The van der Waals surface area contributed by atoms with Crippen LogP contribution in [0, 0.1) is 0 Å². The number of ether oxygens (including phenoxy) is 1. The van der Waals surface area contributed by atoms with E-state index < -0.39 is 5.54 Å². The normalized spacial score (nSPS) is 18.9. The summed E-state index contributed by atoms with van der Waals surface area (Å²) in [7, 11) is 1.41. The highest BCUT2D eigenvalue weighted by Crippen LogP contribution is 2.29. The van der Waals surface area contributed by atoms with Crippen molar-refractivity contribution in [3.8, 4) is 0 Å². The van der Waals surface area contributed by atoms with Crippen LogP contribution in [0.2, 0.25) is 0 Å². The molecule has 0 bridgehead atoms. The molecule has 0 spiro atoms. The number of rotatable bonds is 4. The highest BCUT2D eigenvalue weighted by atomic mass is 16.5. The van der Waals surface area contributed by atoms with Gasteiger partial charge in [0.15, 0.2) is 0 Å². The molecule has 0 amide bonds. The van der Waals surface area contributed by atoms with Gasteiger partial charge in [-0.25, -0.2) is 4.79 Å². The number of methoxy groups -OCH3 is 1. The molecule has 1 aliphatic rings. The smallest absolute Gasteiger partial charge is 0.330 e. The molecule has 1 atom stereocenters. The molecular weight excluding hydrogens is 204 g/mol. The molecule has 16 heavy (non-hydrogen) atoms. The Kier molecular flexibility index (Phi) is 2.92. The zero-order valence-corrected chi connectivity index (χ0v) is 9.56. The van der Waals surface area contributed by atoms with Crippen LogP contribution in [-0.4, -0.2) is 24.1 Å². The van der Waals surface area contributed by atoms with Crippen molar-refractivity contribution in [3.63, 3.8) is 0 Å². The number of nitrogens with one attached hydrogen (secondary N) is 1. The van der Waals surface area contributed by atoms with Crippen LogP contribution >= 0.6 is 0 Å². The standard InChI is InChI=1S/C12H16N2O2/c1-12(11(15)16-2,14-10-5-6-10)9-4-3-7-13-8-9/h3-4,7-8,10,14H,5-6H2,1-2H3. The lowest BCUT2D eigenvalue weighted by molar-refractivity contribution is -0.148. The van der Waals surface area contributed by atoms with Crippen molar-refractivity contribution in [1.29, 1.82) is 0 Å². The molecule has 1 unspecified atom stereocenters. The van der Waals surface area contributed by atoms with Crippen LogP contribution in [0.5, 0.6) is 0 Å². The lowest BCUT2D eigenvalue weighted by atomic mass is 9.93. The summed E-state index contributed by atoms with van der Waals surface area (Å²) in [5.74, 6) is -0.271. The van der Waals surface area contributed by atoms with Crippen LogP contribution in [0.1, 0.15) is 25.3 Å². The number of carbonyl (C=O) groups is 1. The summed E-state index contributed by atoms with van der Waals surface area (Å²) in [6.07, 6.45) is 5.63. The van der Waals surface area contributed by atoms with Crippen molar-refractivity contribution in [1.82, 2.24) is 10.3 Å². The number of carbonyl (C=O) groups excluding carboxylic acids is 1. The first kappa shape index (κ1) is 11.1. The maximum atomic E-state index is 11.9. The topological polar surface area (TPSA) is 51.2 Å². The molecule has 1 aromatic rings. The number of hydrogen-bond donors (Lipinski definition) is 1. The second-order valence-corrected chi connectivity index (χ2v) is 4.28. The number of hydrogen-bond acceptors (Lipinski definition) is 4. The van der Waals surface area contributed by atoms with E-state index in [0.29, 0.717) is 6.04 Å². The predicted molar refractivity (Wildman–Crippen MR) is 59.8 cm³/mol. The number of nitrogens with zero attached hydrogens (tertiary/aromatic N) is 1. The van der Waals surface area contributed by atoms with Crippen LogP contribution in [0.25, 0.3) is 0 Å². The fourth-order valence-corrected chi connectivity index (χ4v) is 1.76. The summed E-state index contributed by atoms with van der Waals surface area (Å²) in [6.45, 7) is 1.84. The van der Waals surface area contributed by atoms with Gasteiger partial charge in [0.05, 0.1) is 7.11 Å². The Bertz CT molecular complexity index is 376. The summed E-state index contributed by atoms with van der Waals surface area (Å²) in [5, 5.41) is 3.32. The molecule has 1 saturated carbocycles. The van der Waals surface area contributed by atoms with E-state index in [2.05, 4.69) is 10.3 Å². The van der Waals surface area contributed by atoms with Crippen LogP contribution in [0.4, 0.5) is 0 Å². The van der Waals surface area contributed by atoms with E-state index in [1.165, 1.54) is 7.11 Å². The van der Waals surface area contributed by atoms with Gasteiger partial charge in [-0.1, -0.05) is 6.07 Å². The van der Waals surface area contributed by atoms with E-state index >= 15 is 0 Å². The highest BCUT2D eigenvalue weighted by Gasteiger charge is 2.41. The minimum absolute atomic E-state index is 0.271. The molecule has 1 aromatic heterocycles. The van der Waals surface area contributed by atoms with Crippen molar-refractivity contribution in [2.45, 2.75) is 31.3 Å². The van der Waals surface area contributed by atoms with E-state index in [1.807, 2.05) is 19.1 Å². The average molecular weight is 220 g/mol. The molecule has 4 nitrogen and oxygen atoms in total. The van der Waals surface area contributed by atoms with E-state index in [0.717, 1.165) is 18.4 Å². The largest absolute Gasteiger partial charge is 0.467 e. The van der Waals surface area contributed by atoms with Gasteiger partial charge in [0.1, 0.15) is 5.54 Å². The van der Waals surface area contributed by atoms with Crippen LogP contribution in [0.15, 0.2) is 24.5 Å². The maximum absolute atomic E-state index is 11.9. The molecule has 4 heteroatoms. The summed E-state index contributed by atoms with van der Waals surface area (Å²) < 4.78 is 4.87. The fraction of sp³-hybridized carbons (Fsp3) is 0.500. The molecule has 1 heterocycles. The Morgan fingerprint density at radius 2 is 2.38 bits per heavy atom. The second-order valence-electron chi connectivity index (χ2n) is 4.28. The quantitative estimate of drug-likeness (QED) is 0.775. The van der Waals surface area contributed by atoms with Gasteiger partial charge in [-0.3, -0.25) is 10.3 Å². The minimum Gasteiger partial charge on any atom is -0.467 e. The summed E-state index contributed by atoms with van der Waals surface area (Å²) in [5.41, 5.74) is 0.0539. The summed E-state index contributed by atoms with van der Waals surface area (Å²) in [4.78, 5) is 15.9. The molecule has 1 N–H and O–H groups in total. The number of aromatic nitrogens is 1. The third-order valence-electron chi connectivity index (χ3n) is 2.90. The molecule has 1 fully saturated rings. The van der Waals surface area contributed by atoms with Gasteiger partial charge in [-0.05, 0) is 25.8 Å². The molecule has 0 aliphatic heterocycles. The Labute approximate surface area is 95.0 Å². The van der Waals surface area contributed by atoms with Gasteiger partial charge < -0.3 is 4.74 Å². The second kappa shape index (κ2) is 4.22. The van der Waals surface area contributed by atoms with Gasteiger partial charge >= 0.3 is 5.97 Å². The van der Waals surface area contributed by atoms with Crippen LogP contribution < -0.4 is 5.32 Å². The first-order valence-electron chi connectivity index (χ1n) is 5.43. The van der Waals surface area contributed by atoms with Crippen LogP contribution in [-0.2, 0) is 15.1 Å². The van der Waals surface area contributed by atoms with Gasteiger partial charge in [0.2, 0.25) is 0 Å². The number of pyridine rings is 1. The van der Waals surface area contributed by atoms with E-state index in [-0.39, 0.29) is 5.97 Å². The van der Waals surface area contributed by atoms with Crippen molar-refractivity contribution in [2.24, 2.45) is 0 Å². The maximum Gasteiger partial charge on any atom is 0.330 e. The molecule has 0 aromatic carbocycles. The van der Waals surface area contributed by atoms with Crippen molar-refractivity contribution < 1.29 is 9.53 Å². The monoisotopic (exact) mass is 220 g/mol. The average Bonchev–Trinajstić information content (AvgIpc) is 3.12. The molecule has 0 radical (unpaired) electrons. The molecule has 0 saturated heterocycles. The Morgan fingerprint density at radius 1 is 1.62 bits per heavy atom. The van der Waals surface area contributed by atoms with Gasteiger partial charge in [-0.2, -0.15) is 0 Å². The Balaban J connectivity index is 2.29. The van der Waals surface area contributed by atoms with Crippen molar-refractivity contribution in [2.75, 3.05) is 7.11 Å². The third kappa shape index (κ3) is 2.07. The summed E-state index contributed by atoms with van der Waals surface area (Å²) >= 11 is 0. The van der Waals surface area contributed by atoms with Crippen LogP contribution in [0.3, 0.4) is 0 Å². The summed E-state index contributed by atoms with van der Waals surface area (Å²) in [6, 6.07) is 4.13. The molecule has 86 valence electrons. The fourth-order valence-electron chi connectivity index (χ4n) is 1.76. The first-order valence-corrected chi connectivity index (χ1v) is 5.43. The molecule has 2 rings (SSSR count). The lowest BCUT2D eigenvalue weighted by Crippen LogP contribution is -2.48. The first-order chi connectivity index (χ1) is 7.66. The minimum atomic E-state index is -0.788. The van der Waals surface area contributed by atoms with Gasteiger partial charge in [0, 0.05) is 24.0 Å². The Hall–Kier alpha value is -1.42. The third-order valence-corrected chi connectivity index (χ3v) is 2.90. The van der Waals surface area contributed by atoms with E-state index in [9.17, 15) is 4.79 Å². The zero-order chi connectivity index (χ0) is 11.6. The van der Waals surface area contributed by atoms with Crippen molar-refractivity contribution in [3.05, 3.63) is 30.1 Å². The SMILES string of the molecule is COC(=O)C(C)(NC1CC1)c1cccnc1. The van der Waals surface area contributed by atoms with Crippen molar-refractivity contribution >= 4 is 5.97 Å². The predicted octanol–water partition coefficient (Wildman–Crippen LogP) is 1.22. The number of esters is 1.